The summed E-state index contributed by atoms with van der Waals surface area (Å²) in [6.07, 6.45) is 5.38. The first-order valence-corrected chi connectivity index (χ1v) is 7.68. The number of aromatic nitrogens is 2. The fourth-order valence-electron chi connectivity index (χ4n) is 2.77. The zero-order valence-corrected chi connectivity index (χ0v) is 12.2. The zero-order chi connectivity index (χ0) is 13.8. The summed E-state index contributed by atoms with van der Waals surface area (Å²) in [7, 11) is 0. The number of anilines is 1. The van der Waals surface area contributed by atoms with Crippen molar-refractivity contribution in [3.05, 3.63) is 17.1 Å². The van der Waals surface area contributed by atoms with Gasteiger partial charge in [-0.3, -0.25) is 0 Å². The van der Waals surface area contributed by atoms with Gasteiger partial charge >= 0.3 is 0 Å². The van der Waals surface area contributed by atoms with Crippen molar-refractivity contribution in [3.63, 3.8) is 0 Å². The quantitative estimate of drug-likeness (QED) is 0.893. The van der Waals surface area contributed by atoms with Crippen molar-refractivity contribution in [1.29, 1.82) is 0 Å². The van der Waals surface area contributed by atoms with E-state index in [0.29, 0.717) is 12.7 Å². The molecular formula is C15H23N3O2. The second kappa shape index (κ2) is 6.50. The Kier molecular flexibility index (Phi) is 4.47. The molecule has 0 spiro atoms. The first kappa shape index (κ1) is 13.8. The third-order valence-corrected chi connectivity index (χ3v) is 3.85. The largest absolute Gasteiger partial charge is 0.378 e. The third kappa shape index (κ3) is 3.10. The van der Waals surface area contributed by atoms with E-state index in [0.717, 1.165) is 74.8 Å². The number of nitrogens with one attached hydrogen (secondary N) is 1. The molecule has 0 aliphatic carbocycles. The summed E-state index contributed by atoms with van der Waals surface area (Å²) >= 11 is 0. The fourth-order valence-corrected chi connectivity index (χ4v) is 2.77. The van der Waals surface area contributed by atoms with Crippen molar-refractivity contribution in [2.45, 2.75) is 51.7 Å². The smallest absolute Gasteiger partial charge is 0.135 e. The van der Waals surface area contributed by atoms with Gasteiger partial charge in [0.2, 0.25) is 0 Å². The summed E-state index contributed by atoms with van der Waals surface area (Å²) in [5.74, 6) is 1.88. The number of hydrogen-bond donors (Lipinski definition) is 1. The van der Waals surface area contributed by atoms with Gasteiger partial charge in [-0.25, -0.2) is 9.97 Å². The molecule has 3 heterocycles. The summed E-state index contributed by atoms with van der Waals surface area (Å²) in [6.45, 7) is 5.36. The predicted molar refractivity (Wildman–Crippen MR) is 76.9 cm³/mol. The van der Waals surface area contributed by atoms with Gasteiger partial charge in [0, 0.05) is 31.6 Å². The first-order chi connectivity index (χ1) is 9.86. The Balaban J connectivity index is 1.82. The number of hydrogen-bond acceptors (Lipinski definition) is 5. The lowest BCUT2D eigenvalue weighted by atomic mass is 10.1. The molecule has 3 rings (SSSR count). The van der Waals surface area contributed by atoms with E-state index in [1.807, 2.05) is 0 Å². The standard InChI is InChI=1S/C15H23N3O2/c1-2-6-16-15-12-10-19-8-5-13(12)17-14(18-15)9-11-4-3-7-20-11/h11H,2-10H2,1H3,(H,16,17,18). The summed E-state index contributed by atoms with van der Waals surface area (Å²) in [5, 5.41) is 3.42. The highest BCUT2D eigenvalue weighted by Gasteiger charge is 2.21. The molecule has 5 nitrogen and oxygen atoms in total. The van der Waals surface area contributed by atoms with Crippen LogP contribution in [0.25, 0.3) is 0 Å². The van der Waals surface area contributed by atoms with E-state index in [9.17, 15) is 0 Å². The predicted octanol–water partition coefficient (Wildman–Crippen LogP) is 2.09. The maximum Gasteiger partial charge on any atom is 0.135 e. The molecule has 1 aromatic heterocycles. The molecule has 2 aliphatic rings. The number of rotatable bonds is 5. The molecular weight excluding hydrogens is 254 g/mol. The highest BCUT2D eigenvalue weighted by molar-refractivity contribution is 5.47. The molecule has 0 bridgehead atoms. The van der Waals surface area contributed by atoms with Crippen LogP contribution < -0.4 is 5.32 Å². The van der Waals surface area contributed by atoms with E-state index in [1.54, 1.807) is 0 Å². The number of ether oxygens (including phenoxy) is 2. The van der Waals surface area contributed by atoms with Crippen molar-refractivity contribution in [1.82, 2.24) is 9.97 Å². The lowest BCUT2D eigenvalue weighted by molar-refractivity contribution is 0.106. The van der Waals surface area contributed by atoms with Gasteiger partial charge in [0.05, 0.1) is 25.0 Å². The highest BCUT2D eigenvalue weighted by Crippen LogP contribution is 2.24. The summed E-state index contributed by atoms with van der Waals surface area (Å²) in [4.78, 5) is 9.44. The average molecular weight is 277 g/mol. The number of fused-ring (bicyclic) bond motifs is 1. The van der Waals surface area contributed by atoms with Crippen molar-refractivity contribution in [3.8, 4) is 0 Å². The van der Waals surface area contributed by atoms with Crippen molar-refractivity contribution in [2.24, 2.45) is 0 Å². The summed E-state index contributed by atoms with van der Waals surface area (Å²) in [5.41, 5.74) is 2.29. The van der Waals surface area contributed by atoms with E-state index >= 15 is 0 Å². The normalized spacial score (nSPS) is 21.8. The summed E-state index contributed by atoms with van der Waals surface area (Å²) in [6, 6.07) is 0. The SMILES string of the molecule is CCCNc1nc(CC2CCCO2)nc2c1COCC2. The Bertz CT molecular complexity index is 459. The molecule has 0 radical (unpaired) electrons. The Labute approximate surface area is 120 Å². The van der Waals surface area contributed by atoms with E-state index in [1.165, 1.54) is 0 Å². The van der Waals surface area contributed by atoms with Crippen LogP contribution in [-0.4, -0.2) is 35.8 Å². The fraction of sp³-hybridized carbons (Fsp3) is 0.733. The second-order valence-electron chi connectivity index (χ2n) is 5.48. The molecule has 5 heteroatoms. The van der Waals surface area contributed by atoms with Crippen LogP contribution in [0, 0.1) is 0 Å². The molecule has 1 atom stereocenters. The molecule has 1 unspecified atom stereocenters. The van der Waals surface area contributed by atoms with Gasteiger partial charge in [0.25, 0.3) is 0 Å². The van der Waals surface area contributed by atoms with Crippen molar-refractivity contribution in [2.75, 3.05) is 25.1 Å². The first-order valence-electron chi connectivity index (χ1n) is 7.68. The van der Waals surface area contributed by atoms with Crippen LogP contribution in [0.15, 0.2) is 0 Å². The molecule has 20 heavy (non-hydrogen) atoms. The molecule has 2 aliphatic heterocycles. The van der Waals surface area contributed by atoms with E-state index in [2.05, 4.69) is 12.2 Å². The monoisotopic (exact) mass is 277 g/mol. The Morgan fingerprint density at radius 3 is 3.05 bits per heavy atom. The molecule has 0 amide bonds. The molecule has 1 saturated heterocycles. The molecule has 0 aromatic carbocycles. The maximum atomic E-state index is 5.70. The lowest BCUT2D eigenvalue weighted by Crippen LogP contribution is -2.20. The van der Waals surface area contributed by atoms with Gasteiger partial charge in [-0.2, -0.15) is 0 Å². The highest BCUT2D eigenvalue weighted by atomic mass is 16.5. The van der Waals surface area contributed by atoms with Gasteiger partial charge in [-0.15, -0.1) is 0 Å². The van der Waals surface area contributed by atoms with Crippen LogP contribution in [0.2, 0.25) is 0 Å². The van der Waals surface area contributed by atoms with Crippen molar-refractivity contribution >= 4 is 5.82 Å². The Hall–Kier alpha value is -1.20. The van der Waals surface area contributed by atoms with Gasteiger partial charge < -0.3 is 14.8 Å². The van der Waals surface area contributed by atoms with Crippen LogP contribution in [0.5, 0.6) is 0 Å². The third-order valence-electron chi connectivity index (χ3n) is 3.85. The zero-order valence-electron chi connectivity index (χ0n) is 12.2. The van der Waals surface area contributed by atoms with Gasteiger partial charge in [-0.05, 0) is 19.3 Å². The minimum absolute atomic E-state index is 0.298. The average Bonchev–Trinajstić information content (AvgIpc) is 2.97. The van der Waals surface area contributed by atoms with E-state index in [4.69, 9.17) is 19.4 Å². The van der Waals surface area contributed by atoms with E-state index < -0.39 is 0 Å². The Morgan fingerprint density at radius 2 is 2.25 bits per heavy atom. The molecule has 110 valence electrons. The minimum atomic E-state index is 0.298. The second-order valence-corrected chi connectivity index (χ2v) is 5.48. The minimum Gasteiger partial charge on any atom is -0.378 e. The van der Waals surface area contributed by atoms with Gasteiger partial charge in [0.15, 0.2) is 0 Å². The topological polar surface area (TPSA) is 56.3 Å². The number of nitrogens with zero attached hydrogens (tertiary/aromatic N) is 2. The molecule has 1 fully saturated rings. The Morgan fingerprint density at radius 1 is 1.30 bits per heavy atom. The van der Waals surface area contributed by atoms with Crippen LogP contribution in [0.1, 0.15) is 43.3 Å². The van der Waals surface area contributed by atoms with Gasteiger partial charge in [-0.1, -0.05) is 6.92 Å². The van der Waals surface area contributed by atoms with Crippen molar-refractivity contribution < 1.29 is 9.47 Å². The van der Waals surface area contributed by atoms with Crippen LogP contribution in [-0.2, 0) is 28.9 Å². The maximum absolute atomic E-state index is 5.70. The van der Waals surface area contributed by atoms with Crippen LogP contribution >= 0.6 is 0 Å². The summed E-state index contributed by atoms with van der Waals surface area (Å²) < 4.78 is 11.2. The lowest BCUT2D eigenvalue weighted by Gasteiger charge is -2.20. The van der Waals surface area contributed by atoms with Gasteiger partial charge in [0.1, 0.15) is 11.6 Å². The van der Waals surface area contributed by atoms with Crippen LogP contribution in [0.3, 0.4) is 0 Å². The van der Waals surface area contributed by atoms with E-state index in [-0.39, 0.29) is 0 Å². The molecule has 1 aromatic rings. The van der Waals surface area contributed by atoms with Crippen LogP contribution in [0.4, 0.5) is 5.82 Å². The molecule has 0 saturated carbocycles. The molecule has 1 N–H and O–H groups in total.